The number of allylic oxidation sites excluding steroid dienone is 5. The SMILES string of the molecule is CCC1=C(C)N(C(=O)c2ccc(C)cc2)C2=CC=C(OC)CC21. The molecule has 1 heterocycles. The molecule has 120 valence electrons. The lowest BCUT2D eigenvalue weighted by molar-refractivity contribution is 0.0844. The maximum atomic E-state index is 13.0. The summed E-state index contributed by atoms with van der Waals surface area (Å²) in [6.07, 6.45) is 5.79. The van der Waals surface area contributed by atoms with Gasteiger partial charge >= 0.3 is 0 Å². The van der Waals surface area contributed by atoms with Crippen molar-refractivity contribution in [3.63, 3.8) is 0 Å². The molecular weight excluding hydrogens is 286 g/mol. The van der Waals surface area contributed by atoms with Crippen molar-refractivity contribution in [3.05, 3.63) is 70.3 Å². The Morgan fingerprint density at radius 2 is 1.91 bits per heavy atom. The molecule has 0 N–H and O–H groups in total. The van der Waals surface area contributed by atoms with E-state index in [0.29, 0.717) is 0 Å². The molecule has 0 saturated heterocycles. The van der Waals surface area contributed by atoms with Crippen LogP contribution in [0.2, 0.25) is 0 Å². The van der Waals surface area contributed by atoms with Crippen LogP contribution in [0, 0.1) is 12.8 Å². The van der Waals surface area contributed by atoms with Crippen LogP contribution >= 0.6 is 0 Å². The Hall–Kier alpha value is -2.29. The maximum absolute atomic E-state index is 13.0. The second-order valence-corrected chi connectivity index (χ2v) is 6.16. The monoisotopic (exact) mass is 309 g/mol. The van der Waals surface area contributed by atoms with E-state index in [1.165, 1.54) is 5.57 Å². The van der Waals surface area contributed by atoms with Gasteiger partial charge in [-0.05, 0) is 50.1 Å². The van der Waals surface area contributed by atoms with Crippen molar-refractivity contribution in [2.24, 2.45) is 5.92 Å². The summed E-state index contributed by atoms with van der Waals surface area (Å²) in [5, 5.41) is 0. The number of fused-ring (bicyclic) bond motifs is 1. The Bertz CT molecular complexity index is 723. The highest BCUT2D eigenvalue weighted by atomic mass is 16.5. The smallest absolute Gasteiger partial charge is 0.262 e. The van der Waals surface area contributed by atoms with Gasteiger partial charge in [0.25, 0.3) is 5.91 Å². The lowest BCUT2D eigenvalue weighted by Crippen LogP contribution is -2.28. The predicted molar refractivity (Wildman–Crippen MR) is 91.6 cm³/mol. The van der Waals surface area contributed by atoms with E-state index >= 15 is 0 Å². The molecule has 1 aromatic rings. The third kappa shape index (κ3) is 2.61. The minimum absolute atomic E-state index is 0.0523. The highest BCUT2D eigenvalue weighted by Crippen LogP contribution is 2.44. The summed E-state index contributed by atoms with van der Waals surface area (Å²) in [5.74, 6) is 1.29. The number of benzene rings is 1. The molecule has 0 bridgehead atoms. The first-order valence-corrected chi connectivity index (χ1v) is 8.12. The fourth-order valence-corrected chi connectivity index (χ4v) is 3.54. The molecule has 1 atom stereocenters. The average Bonchev–Trinajstić information content (AvgIpc) is 2.85. The van der Waals surface area contributed by atoms with E-state index < -0.39 is 0 Å². The third-order valence-corrected chi connectivity index (χ3v) is 4.83. The highest BCUT2D eigenvalue weighted by Gasteiger charge is 2.38. The second kappa shape index (κ2) is 6.07. The first-order chi connectivity index (χ1) is 11.1. The highest BCUT2D eigenvalue weighted by molar-refractivity contribution is 5.97. The van der Waals surface area contributed by atoms with Crippen LogP contribution in [0.4, 0.5) is 0 Å². The first-order valence-electron chi connectivity index (χ1n) is 8.12. The summed E-state index contributed by atoms with van der Waals surface area (Å²) < 4.78 is 5.41. The van der Waals surface area contributed by atoms with E-state index in [0.717, 1.165) is 41.1 Å². The van der Waals surface area contributed by atoms with Crippen molar-refractivity contribution >= 4 is 5.91 Å². The molecule has 3 nitrogen and oxygen atoms in total. The number of ether oxygens (including phenoxy) is 1. The van der Waals surface area contributed by atoms with Crippen LogP contribution in [-0.4, -0.2) is 17.9 Å². The minimum atomic E-state index is 0.0523. The van der Waals surface area contributed by atoms with E-state index in [9.17, 15) is 4.79 Å². The van der Waals surface area contributed by atoms with Crippen molar-refractivity contribution in [1.29, 1.82) is 0 Å². The zero-order chi connectivity index (χ0) is 16.6. The lowest BCUT2D eigenvalue weighted by atomic mass is 9.89. The molecule has 23 heavy (non-hydrogen) atoms. The van der Waals surface area contributed by atoms with Gasteiger partial charge in [-0.1, -0.05) is 24.6 Å². The van der Waals surface area contributed by atoms with E-state index in [2.05, 4.69) is 13.8 Å². The van der Waals surface area contributed by atoms with Crippen LogP contribution in [0.15, 0.2) is 59.1 Å². The van der Waals surface area contributed by atoms with E-state index in [-0.39, 0.29) is 11.8 Å². The summed E-state index contributed by atoms with van der Waals surface area (Å²) in [4.78, 5) is 14.9. The normalized spacial score (nSPS) is 20.2. The van der Waals surface area contributed by atoms with Gasteiger partial charge in [0.05, 0.1) is 12.9 Å². The van der Waals surface area contributed by atoms with Gasteiger partial charge < -0.3 is 4.74 Å². The molecule has 0 spiro atoms. The topological polar surface area (TPSA) is 29.5 Å². The van der Waals surface area contributed by atoms with Crippen molar-refractivity contribution in [2.75, 3.05) is 7.11 Å². The average molecular weight is 309 g/mol. The van der Waals surface area contributed by atoms with Gasteiger partial charge in [-0.15, -0.1) is 0 Å². The number of methoxy groups -OCH3 is 1. The molecular formula is C20H23NO2. The molecule has 0 aromatic heterocycles. The third-order valence-electron chi connectivity index (χ3n) is 4.83. The number of aryl methyl sites for hydroxylation is 1. The number of amides is 1. The zero-order valence-corrected chi connectivity index (χ0v) is 14.2. The number of carbonyl (C=O) groups is 1. The number of nitrogens with zero attached hydrogens (tertiary/aromatic N) is 1. The second-order valence-electron chi connectivity index (χ2n) is 6.16. The quantitative estimate of drug-likeness (QED) is 0.818. The van der Waals surface area contributed by atoms with Gasteiger partial charge in [-0.25, -0.2) is 0 Å². The number of rotatable bonds is 3. The molecule has 1 unspecified atom stereocenters. The summed E-state index contributed by atoms with van der Waals surface area (Å²) in [6.45, 7) is 6.23. The first kappa shape index (κ1) is 15.6. The molecule has 0 radical (unpaired) electrons. The Kier molecular flexibility index (Phi) is 4.12. The summed E-state index contributed by atoms with van der Waals surface area (Å²) in [5.41, 5.74) is 5.37. The van der Waals surface area contributed by atoms with Crippen LogP contribution in [0.5, 0.6) is 0 Å². The number of hydrogen-bond acceptors (Lipinski definition) is 2. The van der Waals surface area contributed by atoms with Gasteiger partial charge in [-0.3, -0.25) is 9.69 Å². The van der Waals surface area contributed by atoms with Crippen LogP contribution in [0.1, 0.15) is 42.6 Å². The van der Waals surface area contributed by atoms with Crippen LogP contribution < -0.4 is 0 Å². The maximum Gasteiger partial charge on any atom is 0.262 e. The van der Waals surface area contributed by atoms with Crippen molar-refractivity contribution in [2.45, 2.75) is 33.6 Å². The van der Waals surface area contributed by atoms with Gasteiger partial charge in [0.2, 0.25) is 0 Å². The zero-order valence-electron chi connectivity index (χ0n) is 14.2. The van der Waals surface area contributed by atoms with Crippen LogP contribution in [0.25, 0.3) is 0 Å². The molecule has 0 fully saturated rings. The Balaban J connectivity index is 2.01. The Labute approximate surface area is 137 Å². The van der Waals surface area contributed by atoms with E-state index in [1.807, 2.05) is 48.2 Å². The van der Waals surface area contributed by atoms with Gasteiger partial charge in [-0.2, -0.15) is 0 Å². The standard InChI is InChI=1S/C20H23NO2/c1-5-17-14(3)21(19-11-10-16(23-4)12-18(17)19)20(22)15-8-6-13(2)7-9-15/h6-11,18H,5,12H2,1-4H3. The summed E-state index contributed by atoms with van der Waals surface area (Å²) >= 11 is 0. The largest absolute Gasteiger partial charge is 0.501 e. The van der Waals surface area contributed by atoms with E-state index in [1.54, 1.807) is 7.11 Å². The molecule has 3 rings (SSSR count). The number of hydrogen-bond donors (Lipinski definition) is 0. The minimum Gasteiger partial charge on any atom is -0.501 e. The predicted octanol–water partition coefficient (Wildman–Crippen LogP) is 4.57. The van der Waals surface area contributed by atoms with Crippen molar-refractivity contribution < 1.29 is 9.53 Å². The van der Waals surface area contributed by atoms with Crippen LogP contribution in [-0.2, 0) is 4.74 Å². The Morgan fingerprint density at radius 1 is 1.22 bits per heavy atom. The van der Waals surface area contributed by atoms with E-state index in [4.69, 9.17) is 4.74 Å². The molecule has 2 aliphatic rings. The van der Waals surface area contributed by atoms with Gasteiger partial charge in [0.1, 0.15) is 0 Å². The molecule has 1 aliphatic heterocycles. The summed E-state index contributed by atoms with van der Waals surface area (Å²) in [7, 11) is 1.71. The van der Waals surface area contributed by atoms with Gasteiger partial charge in [0.15, 0.2) is 0 Å². The molecule has 1 aromatic carbocycles. The lowest BCUT2D eigenvalue weighted by Gasteiger charge is -2.25. The molecule has 0 saturated carbocycles. The van der Waals surface area contributed by atoms with Gasteiger partial charge in [0, 0.05) is 29.3 Å². The van der Waals surface area contributed by atoms with Crippen molar-refractivity contribution in [3.8, 4) is 0 Å². The fraction of sp³-hybridized carbons (Fsp3) is 0.350. The molecule has 1 amide bonds. The van der Waals surface area contributed by atoms with Crippen molar-refractivity contribution in [1.82, 2.24) is 4.90 Å². The summed E-state index contributed by atoms with van der Waals surface area (Å²) in [6, 6.07) is 7.78. The molecule has 1 aliphatic carbocycles. The van der Waals surface area contributed by atoms with Crippen LogP contribution in [0.3, 0.4) is 0 Å². The fourth-order valence-electron chi connectivity index (χ4n) is 3.54. The Morgan fingerprint density at radius 3 is 2.52 bits per heavy atom. The number of carbonyl (C=O) groups excluding carboxylic acids is 1. The molecule has 3 heteroatoms.